The maximum Gasteiger partial charge on any atom is 0.411 e. The van der Waals surface area contributed by atoms with Gasteiger partial charge in [-0.25, -0.2) is 9.48 Å². The van der Waals surface area contributed by atoms with Crippen LogP contribution in [0.4, 0.5) is 10.5 Å². The zero-order valence-electron chi connectivity index (χ0n) is 23.8. The fraction of sp³-hybridized carbons (Fsp3) is 0.333. The van der Waals surface area contributed by atoms with Gasteiger partial charge in [-0.2, -0.15) is 0 Å². The first-order chi connectivity index (χ1) is 19.8. The van der Waals surface area contributed by atoms with E-state index in [-0.39, 0.29) is 11.6 Å². The van der Waals surface area contributed by atoms with Crippen molar-refractivity contribution < 1.29 is 14.3 Å². The van der Waals surface area contributed by atoms with Crippen LogP contribution in [0.2, 0.25) is 0 Å². The van der Waals surface area contributed by atoms with Crippen LogP contribution >= 0.6 is 0 Å². The van der Waals surface area contributed by atoms with E-state index < -0.39 is 6.09 Å². The Morgan fingerprint density at radius 2 is 1.76 bits per heavy atom. The van der Waals surface area contributed by atoms with Gasteiger partial charge in [0.05, 0.1) is 17.7 Å². The van der Waals surface area contributed by atoms with E-state index in [0.29, 0.717) is 29.4 Å². The highest BCUT2D eigenvalue weighted by Crippen LogP contribution is 2.30. The third kappa shape index (κ3) is 7.46. The minimum absolute atomic E-state index is 0.0766. The molecule has 1 aliphatic carbocycles. The highest BCUT2D eigenvalue weighted by Gasteiger charge is 2.26. The molecule has 2 N–H and O–H groups in total. The number of carbonyl (C=O) groups excluding carboxylic acids is 2. The molecule has 0 radical (unpaired) electrons. The highest BCUT2D eigenvalue weighted by molar-refractivity contribution is 5.92. The molecule has 1 aliphatic rings. The molecule has 0 atom stereocenters. The summed E-state index contributed by atoms with van der Waals surface area (Å²) in [6.45, 7) is 7.05. The third-order valence-corrected chi connectivity index (χ3v) is 7.21. The van der Waals surface area contributed by atoms with Crippen LogP contribution in [0.1, 0.15) is 62.4 Å². The summed E-state index contributed by atoms with van der Waals surface area (Å²) in [5, 5.41) is 15.1. The van der Waals surface area contributed by atoms with Crippen molar-refractivity contribution in [1.82, 2.24) is 20.3 Å². The van der Waals surface area contributed by atoms with Crippen LogP contribution in [0.25, 0.3) is 28.2 Å². The standard InChI is InChI=1S/C33H37N5O3/c1-33(2,3)35-26-13-15-27(16-14-26)41-32(40)34-29-20-23(11-17-28(29)25-9-5-4-6-10-25)8-7-19-38-31-18-12-24(22-39)21-30(31)36-37-38/h4-12,17-18,20-22,26-27,35H,13-16,19H2,1-3H3,(H,34,40). The number of hydrogen-bond donors (Lipinski definition) is 2. The average Bonchev–Trinajstić information content (AvgIpc) is 3.36. The topological polar surface area (TPSA) is 98.1 Å². The van der Waals surface area contributed by atoms with Crippen LogP contribution in [-0.4, -0.2) is 45.1 Å². The number of ether oxygens (including phenoxy) is 1. The van der Waals surface area contributed by atoms with E-state index >= 15 is 0 Å². The predicted molar refractivity (Wildman–Crippen MR) is 163 cm³/mol. The van der Waals surface area contributed by atoms with E-state index in [1.807, 2.05) is 66.7 Å². The minimum atomic E-state index is -0.431. The van der Waals surface area contributed by atoms with E-state index in [9.17, 15) is 9.59 Å². The molecule has 0 unspecified atom stereocenters. The minimum Gasteiger partial charge on any atom is -0.446 e. The van der Waals surface area contributed by atoms with Gasteiger partial charge in [-0.05, 0) is 81.8 Å². The second kappa shape index (κ2) is 12.5. The Hall–Kier alpha value is -4.30. The van der Waals surface area contributed by atoms with Gasteiger partial charge >= 0.3 is 6.09 Å². The summed E-state index contributed by atoms with van der Waals surface area (Å²) in [5.74, 6) is 0. The predicted octanol–water partition coefficient (Wildman–Crippen LogP) is 6.87. The van der Waals surface area contributed by atoms with Crippen LogP contribution in [0.15, 0.2) is 72.8 Å². The Labute approximate surface area is 240 Å². The first kappa shape index (κ1) is 28.2. The van der Waals surface area contributed by atoms with Gasteiger partial charge in [0, 0.05) is 22.7 Å². The summed E-state index contributed by atoms with van der Waals surface area (Å²) in [5.41, 5.74) is 5.74. The Balaban J connectivity index is 1.27. The summed E-state index contributed by atoms with van der Waals surface area (Å²) < 4.78 is 7.63. The zero-order chi connectivity index (χ0) is 28.8. The molecule has 5 rings (SSSR count). The zero-order valence-corrected chi connectivity index (χ0v) is 23.8. The lowest BCUT2D eigenvalue weighted by Crippen LogP contribution is -2.46. The molecule has 3 aromatic carbocycles. The van der Waals surface area contributed by atoms with Gasteiger partial charge in [0.2, 0.25) is 0 Å². The largest absolute Gasteiger partial charge is 0.446 e. The van der Waals surface area contributed by atoms with E-state index in [0.717, 1.165) is 54.2 Å². The fourth-order valence-electron chi connectivity index (χ4n) is 5.35. The molecule has 212 valence electrons. The van der Waals surface area contributed by atoms with E-state index in [1.165, 1.54) is 0 Å². The number of amides is 1. The van der Waals surface area contributed by atoms with Gasteiger partial charge in [-0.3, -0.25) is 10.1 Å². The smallest absolute Gasteiger partial charge is 0.411 e. The SMILES string of the molecule is CC(C)(C)NC1CCC(OC(=O)Nc2cc(C=CCn3nnc4cc(C=O)ccc43)ccc2-c2ccccc2)CC1. The lowest BCUT2D eigenvalue weighted by molar-refractivity contribution is 0.0762. The number of aromatic nitrogens is 3. The lowest BCUT2D eigenvalue weighted by atomic mass is 9.91. The number of aldehydes is 1. The van der Waals surface area contributed by atoms with Crippen molar-refractivity contribution in [3.8, 4) is 11.1 Å². The quantitative estimate of drug-likeness (QED) is 0.232. The normalized spacial score (nSPS) is 17.5. The molecular weight excluding hydrogens is 514 g/mol. The molecule has 1 amide bonds. The molecule has 0 spiro atoms. The number of rotatable bonds is 8. The van der Waals surface area contributed by atoms with Crippen molar-refractivity contribution in [1.29, 1.82) is 0 Å². The van der Waals surface area contributed by atoms with Crippen LogP contribution in [-0.2, 0) is 11.3 Å². The van der Waals surface area contributed by atoms with E-state index in [4.69, 9.17) is 4.74 Å². The molecule has 1 fully saturated rings. The molecule has 41 heavy (non-hydrogen) atoms. The number of anilines is 1. The molecule has 0 aliphatic heterocycles. The molecule has 8 heteroatoms. The molecule has 0 bridgehead atoms. The van der Waals surface area contributed by atoms with Crippen LogP contribution in [0.5, 0.6) is 0 Å². The first-order valence-electron chi connectivity index (χ1n) is 14.2. The Morgan fingerprint density at radius 3 is 2.49 bits per heavy atom. The van der Waals surface area contributed by atoms with Gasteiger partial charge < -0.3 is 10.1 Å². The summed E-state index contributed by atoms with van der Waals surface area (Å²) >= 11 is 0. The number of benzene rings is 3. The van der Waals surface area contributed by atoms with Crippen molar-refractivity contribution in [2.45, 2.75) is 70.7 Å². The Kier molecular flexibility index (Phi) is 8.59. The molecule has 1 saturated carbocycles. The number of hydrogen-bond acceptors (Lipinski definition) is 6. The van der Waals surface area contributed by atoms with Gasteiger partial charge in [0.1, 0.15) is 17.9 Å². The molecule has 1 heterocycles. The van der Waals surface area contributed by atoms with Crippen molar-refractivity contribution in [2.75, 3.05) is 5.32 Å². The summed E-state index contributed by atoms with van der Waals surface area (Å²) in [6, 6.07) is 21.8. The number of nitrogens with zero attached hydrogens (tertiary/aromatic N) is 3. The maximum absolute atomic E-state index is 13.0. The summed E-state index contributed by atoms with van der Waals surface area (Å²) in [6.07, 6.45) is 7.94. The number of allylic oxidation sites excluding steroid dienone is 1. The third-order valence-electron chi connectivity index (χ3n) is 7.21. The molecule has 0 saturated heterocycles. The second-order valence-corrected chi connectivity index (χ2v) is 11.6. The monoisotopic (exact) mass is 551 g/mol. The Bertz CT molecular complexity index is 1530. The number of carbonyl (C=O) groups is 2. The van der Waals surface area contributed by atoms with Gasteiger partial charge in [-0.15, -0.1) is 5.10 Å². The average molecular weight is 552 g/mol. The van der Waals surface area contributed by atoms with Crippen LogP contribution < -0.4 is 10.6 Å². The van der Waals surface area contributed by atoms with Crippen LogP contribution in [0.3, 0.4) is 0 Å². The molecule has 1 aromatic heterocycles. The second-order valence-electron chi connectivity index (χ2n) is 11.6. The fourth-order valence-corrected chi connectivity index (χ4v) is 5.35. The van der Waals surface area contributed by atoms with Gasteiger partial charge in [0.25, 0.3) is 0 Å². The number of nitrogens with one attached hydrogen (secondary N) is 2. The van der Waals surface area contributed by atoms with Crippen molar-refractivity contribution in [2.24, 2.45) is 0 Å². The molecule has 8 nitrogen and oxygen atoms in total. The first-order valence-corrected chi connectivity index (χ1v) is 14.2. The summed E-state index contributed by atoms with van der Waals surface area (Å²) in [7, 11) is 0. The summed E-state index contributed by atoms with van der Waals surface area (Å²) in [4.78, 5) is 24.1. The van der Waals surface area contributed by atoms with E-state index in [2.05, 4.69) is 41.7 Å². The lowest BCUT2D eigenvalue weighted by Gasteiger charge is -2.34. The van der Waals surface area contributed by atoms with Crippen molar-refractivity contribution in [3.05, 3.63) is 83.9 Å². The Morgan fingerprint density at radius 1 is 1.00 bits per heavy atom. The van der Waals surface area contributed by atoms with Crippen molar-refractivity contribution in [3.63, 3.8) is 0 Å². The van der Waals surface area contributed by atoms with Crippen molar-refractivity contribution >= 4 is 35.2 Å². The molecular formula is C33H37N5O3. The van der Waals surface area contributed by atoms with Gasteiger partial charge in [-0.1, -0.05) is 59.8 Å². The highest BCUT2D eigenvalue weighted by atomic mass is 16.6. The van der Waals surface area contributed by atoms with E-state index in [1.54, 1.807) is 16.8 Å². The maximum atomic E-state index is 13.0. The molecule has 4 aromatic rings. The number of fused-ring (bicyclic) bond motifs is 1. The van der Waals surface area contributed by atoms with Gasteiger partial charge in [0.15, 0.2) is 0 Å². The van der Waals surface area contributed by atoms with Crippen LogP contribution in [0, 0.1) is 0 Å².